The number of nitrogens with one attached hydrogen (secondary N) is 2. The molecule has 37 heavy (non-hydrogen) atoms. The lowest BCUT2D eigenvalue weighted by molar-refractivity contribution is -0.121. The second-order valence-electron chi connectivity index (χ2n) is 8.82. The van der Waals surface area contributed by atoms with Crippen LogP contribution in [-0.2, 0) is 16.1 Å². The number of aromatic nitrogens is 2. The smallest absolute Gasteiger partial charge is 0.253 e. The maximum Gasteiger partial charge on any atom is 0.253 e. The molecule has 2 N–H and O–H groups in total. The first-order valence-electron chi connectivity index (χ1n) is 12.1. The van der Waals surface area contributed by atoms with E-state index in [1.54, 1.807) is 49.6 Å². The molecule has 1 aliphatic heterocycles. The van der Waals surface area contributed by atoms with Crippen molar-refractivity contribution in [3.8, 4) is 11.4 Å². The zero-order valence-electron chi connectivity index (χ0n) is 20.5. The minimum atomic E-state index is -0.222. The van der Waals surface area contributed by atoms with Crippen molar-refractivity contribution in [2.45, 2.75) is 25.8 Å². The van der Waals surface area contributed by atoms with Gasteiger partial charge in [-0.15, -0.1) is 0 Å². The van der Waals surface area contributed by atoms with Crippen molar-refractivity contribution in [2.24, 2.45) is 5.92 Å². The topological polar surface area (TPSA) is 110 Å². The van der Waals surface area contributed by atoms with Gasteiger partial charge in [0, 0.05) is 36.8 Å². The van der Waals surface area contributed by atoms with E-state index in [-0.39, 0.29) is 17.7 Å². The predicted molar refractivity (Wildman–Crippen MR) is 142 cm³/mol. The largest absolute Gasteiger partial charge is 0.385 e. The zero-order chi connectivity index (χ0) is 26.2. The van der Waals surface area contributed by atoms with Crippen molar-refractivity contribution in [3.63, 3.8) is 0 Å². The average molecular weight is 546 g/mol. The fourth-order valence-electron chi connectivity index (χ4n) is 4.18. The van der Waals surface area contributed by atoms with E-state index < -0.39 is 0 Å². The van der Waals surface area contributed by atoms with Crippen LogP contribution in [0.3, 0.4) is 0 Å². The van der Waals surface area contributed by atoms with Crippen LogP contribution in [0.15, 0.2) is 47.0 Å². The van der Waals surface area contributed by atoms with E-state index in [9.17, 15) is 9.59 Å². The Morgan fingerprint density at radius 3 is 2.70 bits per heavy atom. The highest BCUT2D eigenvalue weighted by Gasteiger charge is 2.27. The summed E-state index contributed by atoms with van der Waals surface area (Å²) in [5.74, 6) is 0.430. The fourth-order valence-corrected chi connectivity index (χ4v) is 4.68. The first kappa shape index (κ1) is 27.1. The van der Waals surface area contributed by atoms with E-state index in [2.05, 4.69) is 25.7 Å². The third-order valence-corrected chi connectivity index (χ3v) is 6.75. The molecule has 9 nitrogen and oxygen atoms in total. The Morgan fingerprint density at radius 1 is 1.16 bits per heavy atom. The van der Waals surface area contributed by atoms with E-state index in [4.69, 9.17) is 32.5 Å². The molecule has 0 unspecified atom stereocenters. The Hall–Kier alpha value is -2.98. The van der Waals surface area contributed by atoms with Crippen LogP contribution in [0.4, 0.5) is 5.69 Å². The summed E-state index contributed by atoms with van der Waals surface area (Å²) in [4.78, 5) is 32.2. The number of anilines is 1. The van der Waals surface area contributed by atoms with Crippen molar-refractivity contribution in [3.05, 3.63) is 64.0 Å². The number of para-hydroxylation sites is 1. The maximum absolute atomic E-state index is 13.0. The lowest BCUT2D eigenvalue weighted by atomic mass is 9.95. The van der Waals surface area contributed by atoms with Crippen molar-refractivity contribution in [2.75, 3.05) is 38.7 Å². The molecule has 0 saturated carbocycles. The molecule has 3 aromatic rings. The molecule has 4 rings (SSSR count). The summed E-state index contributed by atoms with van der Waals surface area (Å²) >= 11 is 12.2. The molecule has 0 bridgehead atoms. The summed E-state index contributed by atoms with van der Waals surface area (Å²) in [6, 6.07) is 12.2. The second kappa shape index (κ2) is 13.0. The number of benzene rings is 2. The van der Waals surface area contributed by atoms with E-state index in [0.717, 1.165) is 6.42 Å². The third-order valence-electron chi connectivity index (χ3n) is 6.20. The molecule has 0 aliphatic carbocycles. The van der Waals surface area contributed by atoms with Crippen LogP contribution in [0.2, 0.25) is 10.0 Å². The van der Waals surface area contributed by atoms with Gasteiger partial charge < -0.3 is 19.9 Å². The average Bonchev–Trinajstić information content (AvgIpc) is 3.35. The number of rotatable bonds is 10. The van der Waals surface area contributed by atoms with Crippen LogP contribution in [0.1, 0.15) is 35.5 Å². The maximum atomic E-state index is 13.0. The van der Waals surface area contributed by atoms with Crippen molar-refractivity contribution >= 4 is 40.7 Å². The minimum absolute atomic E-state index is 0.0864. The summed E-state index contributed by atoms with van der Waals surface area (Å²) in [5.41, 5.74) is 1.61. The van der Waals surface area contributed by atoms with Crippen LogP contribution < -0.4 is 10.6 Å². The van der Waals surface area contributed by atoms with Gasteiger partial charge >= 0.3 is 0 Å². The summed E-state index contributed by atoms with van der Waals surface area (Å²) in [5, 5.41) is 10.8. The van der Waals surface area contributed by atoms with Gasteiger partial charge in [0.2, 0.25) is 17.6 Å². The Kier molecular flexibility index (Phi) is 9.51. The van der Waals surface area contributed by atoms with Gasteiger partial charge in [0.25, 0.3) is 5.91 Å². The molecular formula is C26H29Cl2N5O4. The molecule has 0 radical (unpaired) electrons. The van der Waals surface area contributed by atoms with Gasteiger partial charge in [-0.2, -0.15) is 4.98 Å². The van der Waals surface area contributed by atoms with Crippen LogP contribution in [-0.4, -0.2) is 60.2 Å². The van der Waals surface area contributed by atoms with Crippen molar-refractivity contribution in [1.82, 2.24) is 20.4 Å². The number of amides is 2. The first-order valence-corrected chi connectivity index (χ1v) is 12.9. The number of ether oxygens (including phenoxy) is 1. The monoisotopic (exact) mass is 545 g/mol. The van der Waals surface area contributed by atoms with Gasteiger partial charge in [-0.1, -0.05) is 40.5 Å². The molecule has 0 atom stereocenters. The van der Waals surface area contributed by atoms with Gasteiger partial charge in [-0.05, 0) is 62.7 Å². The number of likely N-dealkylation sites (tertiary alicyclic amines) is 1. The number of halogens is 2. The zero-order valence-corrected chi connectivity index (χ0v) is 22.0. The van der Waals surface area contributed by atoms with Crippen LogP contribution in [0, 0.1) is 5.92 Å². The molecule has 1 aromatic heterocycles. The van der Waals surface area contributed by atoms with Crippen molar-refractivity contribution < 1.29 is 18.8 Å². The third kappa shape index (κ3) is 7.29. The number of carbonyl (C=O) groups excluding carboxylic acids is 2. The molecule has 11 heteroatoms. The van der Waals surface area contributed by atoms with Gasteiger partial charge in [0.05, 0.1) is 22.8 Å². The Labute approximate surface area is 225 Å². The van der Waals surface area contributed by atoms with Gasteiger partial charge in [-0.3, -0.25) is 14.5 Å². The molecule has 1 aliphatic rings. The number of hydrogen-bond donors (Lipinski definition) is 2. The summed E-state index contributed by atoms with van der Waals surface area (Å²) in [6.07, 6.45) is 2.08. The molecular weight excluding hydrogens is 517 g/mol. The van der Waals surface area contributed by atoms with Crippen molar-refractivity contribution in [1.29, 1.82) is 0 Å². The standard InChI is InChI=1S/C26H29Cl2N5O4/c1-36-14-4-11-29-26(35)20-5-2-3-6-22(20)30-25(34)17-9-12-33(13-10-17)16-23-31-24(32-37-23)19-8-7-18(27)15-21(19)28/h2-3,5-8,15,17H,4,9-14,16H2,1H3,(H,29,35)(H,30,34). The highest BCUT2D eigenvalue weighted by atomic mass is 35.5. The van der Waals surface area contributed by atoms with E-state index >= 15 is 0 Å². The normalized spacial score (nSPS) is 14.5. The Balaban J connectivity index is 1.28. The molecule has 2 aromatic carbocycles. The number of methoxy groups -OCH3 is 1. The summed E-state index contributed by atoms with van der Waals surface area (Å²) in [6.45, 7) is 2.97. The van der Waals surface area contributed by atoms with Gasteiger partial charge in [0.1, 0.15) is 0 Å². The molecule has 1 saturated heterocycles. The van der Waals surface area contributed by atoms with Crippen LogP contribution in [0.25, 0.3) is 11.4 Å². The van der Waals surface area contributed by atoms with Gasteiger partial charge in [-0.25, -0.2) is 0 Å². The van der Waals surface area contributed by atoms with Gasteiger partial charge in [0.15, 0.2) is 0 Å². The summed E-state index contributed by atoms with van der Waals surface area (Å²) in [7, 11) is 1.62. The molecule has 196 valence electrons. The molecule has 2 heterocycles. The quantitative estimate of drug-likeness (QED) is 0.356. The molecule has 0 spiro atoms. The number of hydrogen-bond acceptors (Lipinski definition) is 7. The van der Waals surface area contributed by atoms with E-state index in [1.807, 2.05) is 0 Å². The summed E-state index contributed by atoms with van der Waals surface area (Å²) < 4.78 is 10.4. The minimum Gasteiger partial charge on any atom is -0.385 e. The number of piperidine rings is 1. The van der Waals surface area contributed by atoms with E-state index in [0.29, 0.717) is 84.2 Å². The molecule has 1 fully saturated rings. The van der Waals surface area contributed by atoms with Crippen LogP contribution >= 0.6 is 23.2 Å². The fraction of sp³-hybridized carbons (Fsp3) is 0.385. The number of nitrogens with zero attached hydrogens (tertiary/aromatic N) is 3. The SMILES string of the molecule is COCCCNC(=O)c1ccccc1NC(=O)C1CCN(Cc2nc(-c3ccc(Cl)cc3Cl)no2)CC1. The highest BCUT2D eigenvalue weighted by molar-refractivity contribution is 6.36. The second-order valence-corrected chi connectivity index (χ2v) is 9.67. The Morgan fingerprint density at radius 2 is 1.95 bits per heavy atom. The Bertz CT molecular complexity index is 1230. The number of carbonyl (C=O) groups is 2. The molecule has 2 amide bonds. The van der Waals surface area contributed by atoms with E-state index in [1.165, 1.54) is 0 Å². The lowest BCUT2D eigenvalue weighted by Crippen LogP contribution is -2.38. The first-order chi connectivity index (χ1) is 17.9. The predicted octanol–water partition coefficient (Wildman–Crippen LogP) is 4.66. The highest BCUT2D eigenvalue weighted by Crippen LogP contribution is 2.29. The lowest BCUT2D eigenvalue weighted by Gasteiger charge is -2.30. The van der Waals surface area contributed by atoms with Crippen LogP contribution in [0.5, 0.6) is 0 Å².